The van der Waals surface area contributed by atoms with Crippen LogP contribution in [0, 0.1) is 0 Å². The number of carboxylic acids is 1. The average molecular weight is 355 g/mol. The Balaban J connectivity index is 1.71. The summed E-state index contributed by atoms with van der Waals surface area (Å²) in [5.41, 5.74) is 1.87. The lowest BCUT2D eigenvalue weighted by molar-refractivity contribution is -0.148. The first-order chi connectivity index (χ1) is 12.6. The number of benzene rings is 2. The lowest BCUT2D eigenvalue weighted by Gasteiger charge is -2.21. The van der Waals surface area contributed by atoms with Gasteiger partial charge in [-0.05, 0) is 11.6 Å². The molecule has 1 heterocycles. The number of methoxy groups -OCH3 is 1. The number of amides is 1. The van der Waals surface area contributed by atoms with E-state index in [2.05, 4.69) is 0 Å². The summed E-state index contributed by atoms with van der Waals surface area (Å²) in [4.78, 5) is 25.2. The van der Waals surface area contributed by atoms with Crippen LogP contribution in [-0.2, 0) is 14.3 Å². The van der Waals surface area contributed by atoms with Crippen LogP contribution >= 0.6 is 0 Å². The van der Waals surface area contributed by atoms with Crippen LogP contribution in [0.1, 0.15) is 6.42 Å². The van der Waals surface area contributed by atoms with E-state index in [1.165, 1.54) is 12.0 Å². The molecule has 3 rings (SSSR count). The van der Waals surface area contributed by atoms with E-state index in [0.29, 0.717) is 5.75 Å². The quantitative estimate of drug-likeness (QED) is 0.861. The fourth-order valence-corrected chi connectivity index (χ4v) is 3.15. The Morgan fingerprint density at radius 2 is 1.81 bits per heavy atom. The van der Waals surface area contributed by atoms with Crippen LogP contribution in [-0.4, -0.2) is 54.3 Å². The number of nitrogens with zero attached hydrogens (tertiary/aromatic N) is 1. The normalized spacial score (nSPS) is 19.3. The Labute approximate surface area is 152 Å². The standard InChI is InChI=1S/C20H21NO5/c1-25-15-11-17(20(23)24)21(12-15)19(22)13-26-18-10-6-5-9-16(18)14-7-3-2-4-8-14/h2-10,15,17H,11-13H2,1H3,(H,23,24). The van der Waals surface area contributed by atoms with Crippen molar-refractivity contribution in [3.63, 3.8) is 0 Å². The molecule has 1 saturated heterocycles. The number of carbonyl (C=O) groups excluding carboxylic acids is 1. The third kappa shape index (κ3) is 3.86. The SMILES string of the molecule is COC1CC(C(=O)O)N(C(=O)COc2ccccc2-c2ccccc2)C1. The lowest BCUT2D eigenvalue weighted by Crippen LogP contribution is -2.43. The molecule has 26 heavy (non-hydrogen) atoms. The molecule has 2 aromatic carbocycles. The van der Waals surface area contributed by atoms with E-state index in [4.69, 9.17) is 9.47 Å². The first kappa shape index (κ1) is 17.9. The molecule has 6 nitrogen and oxygen atoms in total. The molecule has 1 N–H and O–H groups in total. The van der Waals surface area contributed by atoms with Gasteiger partial charge in [-0.25, -0.2) is 4.79 Å². The van der Waals surface area contributed by atoms with E-state index < -0.39 is 12.0 Å². The van der Waals surface area contributed by atoms with Crippen molar-refractivity contribution in [2.45, 2.75) is 18.6 Å². The monoisotopic (exact) mass is 355 g/mol. The molecule has 0 radical (unpaired) electrons. The van der Waals surface area contributed by atoms with E-state index in [9.17, 15) is 14.7 Å². The van der Waals surface area contributed by atoms with Gasteiger partial charge in [0.25, 0.3) is 5.91 Å². The van der Waals surface area contributed by atoms with E-state index in [1.54, 1.807) is 6.07 Å². The van der Waals surface area contributed by atoms with Gasteiger partial charge in [0.2, 0.25) is 0 Å². The third-order valence-electron chi connectivity index (χ3n) is 4.52. The molecule has 0 saturated carbocycles. The first-order valence-corrected chi connectivity index (χ1v) is 8.42. The van der Waals surface area contributed by atoms with Crippen LogP contribution in [0.2, 0.25) is 0 Å². The minimum Gasteiger partial charge on any atom is -0.483 e. The number of likely N-dealkylation sites (tertiary alicyclic amines) is 1. The Hall–Kier alpha value is -2.86. The van der Waals surface area contributed by atoms with Crippen molar-refractivity contribution in [1.82, 2.24) is 4.90 Å². The molecular weight excluding hydrogens is 334 g/mol. The maximum Gasteiger partial charge on any atom is 0.326 e. The highest BCUT2D eigenvalue weighted by Gasteiger charge is 2.39. The van der Waals surface area contributed by atoms with Crippen LogP contribution < -0.4 is 4.74 Å². The number of hydrogen-bond donors (Lipinski definition) is 1. The number of rotatable bonds is 6. The van der Waals surface area contributed by atoms with Gasteiger partial charge in [0.1, 0.15) is 11.8 Å². The van der Waals surface area contributed by atoms with E-state index >= 15 is 0 Å². The maximum absolute atomic E-state index is 12.5. The molecule has 0 bridgehead atoms. The smallest absolute Gasteiger partial charge is 0.326 e. The average Bonchev–Trinajstić information content (AvgIpc) is 3.12. The van der Waals surface area contributed by atoms with Gasteiger partial charge in [0.05, 0.1) is 6.10 Å². The van der Waals surface area contributed by atoms with Crippen molar-refractivity contribution < 1.29 is 24.2 Å². The molecule has 6 heteroatoms. The molecule has 0 aromatic heterocycles. The van der Waals surface area contributed by atoms with Crippen LogP contribution in [0.25, 0.3) is 11.1 Å². The molecule has 136 valence electrons. The van der Waals surface area contributed by atoms with Crippen molar-refractivity contribution >= 4 is 11.9 Å². The minimum absolute atomic E-state index is 0.218. The van der Waals surface area contributed by atoms with Crippen molar-refractivity contribution in [2.24, 2.45) is 0 Å². The molecular formula is C20H21NO5. The predicted octanol–water partition coefficient (Wildman–Crippen LogP) is 2.43. The molecule has 0 spiro atoms. The molecule has 1 fully saturated rings. The molecule has 1 amide bonds. The number of para-hydroxylation sites is 1. The first-order valence-electron chi connectivity index (χ1n) is 8.42. The van der Waals surface area contributed by atoms with Gasteiger partial charge in [-0.3, -0.25) is 4.79 Å². The fourth-order valence-electron chi connectivity index (χ4n) is 3.15. The zero-order chi connectivity index (χ0) is 18.5. The van der Waals surface area contributed by atoms with Crippen molar-refractivity contribution in [3.8, 4) is 16.9 Å². The van der Waals surface area contributed by atoms with E-state index in [0.717, 1.165) is 11.1 Å². The second-order valence-electron chi connectivity index (χ2n) is 6.14. The number of hydrogen-bond acceptors (Lipinski definition) is 4. The highest BCUT2D eigenvalue weighted by molar-refractivity contribution is 5.85. The van der Waals surface area contributed by atoms with Gasteiger partial charge in [0.15, 0.2) is 6.61 Å². The second kappa shape index (κ2) is 8.01. The maximum atomic E-state index is 12.5. The molecule has 2 atom stereocenters. The van der Waals surface area contributed by atoms with Gasteiger partial charge >= 0.3 is 5.97 Å². The van der Waals surface area contributed by atoms with Gasteiger partial charge in [-0.1, -0.05) is 48.5 Å². The molecule has 2 unspecified atom stereocenters. The summed E-state index contributed by atoms with van der Waals surface area (Å²) in [6.45, 7) is 0.0417. The summed E-state index contributed by atoms with van der Waals surface area (Å²) in [6, 6.07) is 16.3. The number of aliphatic carboxylic acids is 1. The number of carboxylic acid groups (broad SMARTS) is 1. The predicted molar refractivity (Wildman–Crippen MR) is 95.9 cm³/mol. The fraction of sp³-hybridized carbons (Fsp3) is 0.300. The lowest BCUT2D eigenvalue weighted by atomic mass is 10.1. The van der Waals surface area contributed by atoms with Crippen molar-refractivity contribution in [3.05, 3.63) is 54.6 Å². The number of carbonyl (C=O) groups is 2. The summed E-state index contributed by atoms with van der Waals surface area (Å²) in [7, 11) is 1.52. The Morgan fingerprint density at radius 3 is 2.50 bits per heavy atom. The van der Waals surface area contributed by atoms with Gasteiger partial charge in [-0.15, -0.1) is 0 Å². The third-order valence-corrected chi connectivity index (χ3v) is 4.52. The Bertz CT molecular complexity index is 777. The molecule has 1 aliphatic rings. The second-order valence-corrected chi connectivity index (χ2v) is 6.14. The van der Waals surface area contributed by atoms with Crippen molar-refractivity contribution in [1.29, 1.82) is 0 Å². The summed E-state index contributed by atoms with van der Waals surface area (Å²) in [5, 5.41) is 9.33. The van der Waals surface area contributed by atoms with Crippen LogP contribution in [0.15, 0.2) is 54.6 Å². The highest BCUT2D eigenvalue weighted by atomic mass is 16.5. The zero-order valence-corrected chi connectivity index (χ0v) is 14.5. The van der Waals surface area contributed by atoms with Gasteiger partial charge in [-0.2, -0.15) is 0 Å². The molecule has 2 aromatic rings. The Kier molecular flexibility index (Phi) is 5.53. The zero-order valence-electron chi connectivity index (χ0n) is 14.5. The van der Waals surface area contributed by atoms with E-state index in [1.807, 2.05) is 48.5 Å². The Morgan fingerprint density at radius 1 is 1.12 bits per heavy atom. The van der Waals surface area contributed by atoms with Gasteiger partial charge in [0, 0.05) is 25.6 Å². The van der Waals surface area contributed by atoms with Crippen molar-refractivity contribution in [2.75, 3.05) is 20.3 Å². The summed E-state index contributed by atoms with van der Waals surface area (Å²) >= 11 is 0. The molecule has 1 aliphatic heterocycles. The topological polar surface area (TPSA) is 76.1 Å². The summed E-state index contributed by atoms with van der Waals surface area (Å²) in [5.74, 6) is -0.802. The largest absolute Gasteiger partial charge is 0.483 e. The van der Waals surface area contributed by atoms with Crippen LogP contribution in [0.4, 0.5) is 0 Å². The minimum atomic E-state index is -1.03. The van der Waals surface area contributed by atoms with Gasteiger partial charge < -0.3 is 19.5 Å². The highest BCUT2D eigenvalue weighted by Crippen LogP contribution is 2.29. The van der Waals surface area contributed by atoms with E-state index in [-0.39, 0.29) is 31.6 Å². The molecule has 0 aliphatic carbocycles. The van der Waals surface area contributed by atoms with Crippen LogP contribution in [0.3, 0.4) is 0 Å². The van der Waals surface area contributed by atoms with Crippen LogP contribution in [0.5, 0.6) is 5.75 Å². The number of ether oxygens (including phenoxy) is 2. The summed E-state index contributed by atoms with van der Waals surface area (Å²) < 4.78 is 11.0. The summed E-state index contributed by atoms with van der Waals surface area (Å²) in [6.07, 6.45) is 0.0229.